The van der Waals surface area contributed by atoms with E-state index in [9.17, 15) is 4.39 Å². The van der Waals surface area contributed by atoms with Crippen molar-refractivity contribution in [1.29, 1.82) is 0 Å². The summed E-state index contributed by atoms with van der Waals surface area (Å²) in [5.41, 5.74) is 2.14. The highest BCUT2D eigenvalue weighted by atomic mass is 19.1. The zero-order valence-corrected chi connectivity index (χ0v) is 18.8. The van der Waals surface area contributed by atoms with Gasteiger partial charge in [0.1, 0.15) is 11.6 Å². The van der Waals surface area contributed by atoms with E-state index in [1.807, 2.05) is 30.3 Å². The Bertz CT molecular complexity index is 1100. The monoisotopic (exact) mass is 449 g/mol. The number of methoxy groups -OCH3 is 1. The molecule has 0 saturated carbocycles. The van der Waals surface area contributed by atoms with Crippen LogP contribution in [0.5, 0.6) is 5.75 Å². The number of nitrogens with one attached hydrogen (secondary N) is 3. The van der Waals surface area contributed by atoms with Crippen LogP contribution in [-0.2, 0) is 0 Å². The van der Waals surface area contributed by atoms with Crippen LogP contribution in [0, 0.1) is 5.82 Å². The molecule has 33 heavy (non-hydrogen) atoms. The summed E-state index contributed by atoms with van der Waals surface area (Å²) < 4.78 is 19.6. The smallest absolute Gasteiger partial charge is 0.229 e. The fourth-order valence-corrected chi connectivity index (χ4v) is 4.36. The number of nitrogens with zero attached hydrogens (tertiary/aromatic N) is 4. The molecular formula is C24H28FN7O. The van der Waals surface area contributed by atoms with Gasteiger partial charge in [0.2, 0.25) is 5.95 Å². The van der Waals surface area contributed by atoms with Crippen LogP contribution in [-0.4, -0.2) is 54.4 Å². The minimum absolute atomic E-state index is 0.267. The van der Waals surface area contributed by atoms with Gasteiger partial charge < -0.3 is 30.5 Å². The van der Waals surface area contributed by atoms with Gasteiger partial charge in [0.25, 0.3) is 0 Å². The van der Waals surface area contributed by atoms with Crippen molar-refractivity contribution in [2.75, 3.05) is 48.1 Å². The minimum atomic E-state index is -0.323. The summed E-state index contributed by atoms with van der Waals surface area (Å²) >= 11 is 0. The second kappa shape index (κ2) is 9.11. The van der Waals surface area contributed by atoms with Crippen LogP contribution in [0.15, 0.2) is 54.7 Å². The van der Waals surface area contributed by atoms with E-state index >= 15 is 0 Å². The summed E-state index contributed by atoms with van der Waals surface area (Å²) in [6, 6.07) is 14.6. The van der Waals surface area contributed by atoms with Crippen molar-refractivity contribution in [3.63, 3.8) is 0 Å². The highest BCUT2D eigenvalue weighted by molar-refractivity contribution is 5.75. The number of hydrogen-bond acceptors (Lipinski definition) is 8. The highest BCUT2D eigenvalue weighted by Gasteiger charge is 2.37. The van der Waals surface area contributed by atoms with Gasteiger partial charge in [0, 0.05) is 11.7 Å². The van der Waals surface area contributed by atoms with Gasteiger partial charge in [-0.25, -0.2) is 9.37 Å². The maximum Gasteiger partial charge on any atom is 0.229 e. The molecule has 3 aromatic rings. The molecule has 2 aromatic carbocycles. The predicted octanol–water partition coefficient (Wildman–Crippen LogP) is 4.09. The summed E-state index contributed by atoms with van der Waals surface area (Å²) in [7, 11) is 3.78. The van der Waals surface area contributed by atoms with E-state index in [4.69, 9.17) is 9.72 Å². The predicted molar refractivity (Wildman–Crippen MR) is 129 cm³/mol. The van der Waals surface area contributed by atoms with Crippen molar-refractivity contribution in [3.05, 3.63) is 60.5 Å². The first kappa shape index (κ1) is 21.3. The summed E-state index contributed by atoms with van der Waals surface area (Å²) in [6.45, 7) is 2.01. The van der Waals surface area contributed by atoms with Crippen molar-refractivity contribution >= 4 is 28.8 Å². The molecule has 0 bridgehead atoms. The normalized spacial score (nSPS) is 18.5. The van der Waals surface area contributed by atoms with Gasteiger partial charge in [0.05, 0.1) is 24.7 Å². The van der Waals surface area contributed by atoms with Crippen molar-refractivity contribution < 1.29 is 9.13 Å². The number of ether oxygens (including phenoxy) is 1. The minimum Gasteiger partial charge on any atom is -0.497 e. The molecule has 2 aliphatic heterocycles. The van der Waals surface area contributed by atoms with Gasteiger partial charge in [-0.1, -0.05) is 12.1 Å². The maximum absolute atomic E-state index is 14.4. The number of rotatable bonds is 6. The van der Waals surface area contributed by atoms with Gasteiger partial charge in [-0.2, -0.15) is 4.98 Å². The molecule has 1 unspecified atom stereocenters. The number of benzene rings is 2. The van der Waals surface area contributed by atoms with Crippen molar-refractivity contribution in [3.8, 4) is 5.75 Å². The van der Waals surface area contributed by atoms with E-state index < -0.39 is 0 Å². The Hall–Kier alpha value is -3.59. The van der Waals surface area contributed by atoms with Crippen molar-refractivity contribution in [2.24, 2.45) is 0 Å². The topological polar surface area (TPSA) is 77.6 Å². The van der Waals surface area contributed by atoms with E-state index in [2.05, 4.69) is 37.8 Å². The molecule has 0 radical (unpaired) electrons. The van der Waals surface area contributed by atoms with E-state index in [0.29, 0.717) is 11.6 Å². The van der Waals surface area contributed by atoms with Crippen molar-refractivity contribution in [1.82, 2.24) is 14.9 Å². The van der Waals surface area contributed by atoms with E-state index in [1.165, 1.54) is 6.07 Å². The Kier molecular flexibility index (Phi) is 5.87. The van der Waals surface area contributed by atoms with Crippen molar-refractivity contribution in [2.45, 2.75) is 25.2 Å². The lowest BCUT2D eigenvalue weighted by atomic mass is 10.0. The van der Waals surface area contributed by atoms with Crippen LogP contribution in [0.25, 0.3) is 0 Å². The van der Waals surface area contributed by atoms with E-state index in [-0.39, 0.29) is 18.1 Å². The first-order chi connectivity index (χ1) is 16.1. The maximum atomic E-state index is 14.4. The largest absolute Gasteiger partial charge is 0.497 e. The SMILES string of the molecule is COc1ccc(Nc2ncc3c(n2)N(C2CCN(C)CC2)C(Nc2ccccc2F)N3)cc1. The Morgan fingerprint density at radius 1 is 1.09 bits per heavy atom. The second-order valence-corrected chi connectivity index (χ2v) is 8.40. The molecule has 3 heterocycles. The first-order valence-electron chi connectivity index (χ1n) is 11.1. The number of halogens is 1. The highest BCUT2D eigenvalue weighted by Crippen LogP contribution is 2.37. The number of piperidine rings is 1. The molecule has 9 heteroatoms. The van der Waals surface area contributed by atoms with E-state index in [0.717, 1.165) is 48.9 Å². The van der Waals surface area contributed by atoms with Gasteiger partial charge in [-0.15, -0.1) is 0 Å². The number of para-hydroxylation sites is 1. The lowest BCUT2D eigenvalue weighted by molar-refractivity contribution is 0.247. The van der Waals surface area contributed by atoms with Gasteiger partial charge in [-0.3, -0.25) is 0 Å². The van der Waals surface area contributed by atoms with Crippen LogP contribution in [0.4, 0.5) is 33.2 Å². The molecule has 1 aromatic heterocycles. The number of hydrogen-bond donors (Lipinski definition) is 3. The quantitative estimate of drug-likeness (QED) is 0.520. The summed E-state index contributed by atoms with van der Waals surface area (Å²) in [4.78, 5) is 13.9. The average Bonchev–Trinajstić information content (AvgIpc) is 3.19. The molecule has 1 saturated heterocycles. The molecule has 1 fully saturated rings. The Labute approximate surface area is 192 Å². The lowest BCUT2D eigenvalue weighted by Gasteiger charge is -2.39. The first-order valence-corrected chi connectivity index (χ1v) is 11.1. The Morgan fingerprint density at radius 3 is 2.58 bits per heavy atom. The van der Waals surface area contributed by atoms with Gasteiger partial charge in [-0.05, 0) is 69.4 Å². The molecular weight excluding hydrogens is 421 g/mol. The van der Waals surface area contributed by atoms with Crippen LogP contribution >= 0.6 is 0 Å². The molecule has 3 N–H and O–H groups in total. The number of fused-ring (bicyclic) bond motifs is 1. The Balaban J connectivity index is 1.43. The third-order valence-electron chi connectivity index (χ3n) is 6.18. The summed E-state index contributed by atoms with van der Waals surface area (Å²) in [6.07, 6.45) is 3.45. The molecule has 0 amide bonds. The molecule has 1 atom stereocenters. The van der Waals surface area contributed by atoms with Crippen LogP contribution in [0.3, 0.4) is 0 Å². The average molecular weight is 450 g/mol. The molecule has 2 aliphatic rings. The molecule has 8 nitrogen and oxygen atoms in total. The standard InChI is InChI=1S/C24H28FN7O/c1-31-13-11-17(12-14-31)32-22-21(29-24(32)28-20-6-4-3-5-19(20)25)15-26-23(30-22)27-16-7-9-18(33-2)10-8-16/h3-10,15,17,24,28-29H,11-14H2,1-2H3,(H,26,27,30). The molecule has 172 valence electrons. The van der Waals surface area contributed by atoms with E-state index in [1.54, 1.807) is 25.4 Å². The zero-order valence-electron chi connectivity index (χ0n) is 18.8. The Morgan fingerprint density at radius 2 is 1.85 bits per heavy atom. The zero-order chi connectivity index (χ0) is 22.8. The third-order valence-corrected chi connectivity index (χ3v) is 6.18. The summed E-state index contributed by atoms with van der Waals surface area (Å²) in [5.74, 6) is 1.82. The molecule has 0 aliphatic carbocycles. The van der Waals surface area contributed by atoms with Crippen LogP contribution < -0.4 is 25.6 Å². The molecule has 5 rings (SSSR count). The fourth-order valence-electron chi connectivity index (χ4n) is 4.36. The number of likely N-dealkylation sites (tertiary alicyclic amines) is 1. The third kappa shape index (κ3) is 4.49. The number of aromatic nitrogens is 2. The summed E-state index contributed by atoms with van der Waals surface area (Å²) in [5, 5.41) is 10.0. The molecule has 0 spiro atoms. The second-order valence-electron chi connectivity index (χ2n) is 8.40. The van der Waals surface area contributed by atoms with Crippen LogP contribution in [0.2, 0.25) is 0 Å². The number of anilines is 5. The lowest BCUT2D eigenvalue weighted by Crippen LogP contribution is -2.51. The van der Waals surface area contributed by atoms with Gasteiger partial charge in [0.15, 0.2) is 12.1 Å². The van der Waals surface area contributed by atoms with Crippen LogP contribution in [0.1, 0.15) is 12.8 Å². The fraction of sp³-hybridized carbons (Fsp3) is 0.333. The van der Waals surface area contributed by atoms with Gasteiger partial charge >= 0.3 is 0 Å².